The molecule has 0 aromatic heterocycles. The molecule has 0 amide bonds. The summed E-state index contributed by atoms with van der Waals surface area (Å²) in [6, 6.07) is 8.28. The fraction of sp³-hybridized carbons (Fsp3) is 0.588. The molecule has 0 saturated carbocycles. The Bertz CT molecular complexity index is 490. The van der Waals surface area contributed by atoms with E-state index in [0.29, 0.717) is 6.61 Å². The number of thiocarbonyl (C=S) groups is 1. The predicted octanol–water partition coefficient (Wildman–Crippen LogP) is 2.83. The molecule has 1 saturated heterocycles. The summed E-state index contributed by atoms with van der Waals surface area (Å²) in [5, 5.41) is 4.27. The van der Waals surface area contributed by atoms with Crippen molar-refractivity contribution in [3.63, 3.8) is 0 Å². The van der Waals surface area contributed by atoms with Crippen LogP contribution in [0.3, 0.4) is 0 Å². The maximum atomic E-state index is 5.75. The molecule has 6 heteroatoms. The van der Waals surface area contributed by atoms with Gasteiger partial charge in [-0.15, -0.1) is 0 Å². The number of nitrogens with one attached hydrogen (secondary N) is 1. The number of benzene rings is 1. The van der Waals surface area contributed by atoms with Crippen LogP contribution in [-0.2, 0) is 0 Å². The van der Waals surface area contributed by atoms with Crippen molar-refractivity contribution >= 4 is 34.8 Å². The van der Waals surface area contributed by atoms with Crippen molar-refractivity contribution in [2.75, 3.05) is 56.2 Å². The van der Waals surface area contributed by atoms with E-state index in [-0.39, 0.29) is 0 Å². The molecule has 0 bridgehead atoms. The lowest BCUT2D eigenvalue weighted by molar-refractivity contribution is 0.336. The van der Waals surface area contributed by atoms with E-state index in [1.54, 1.807) is 0 Å². The first-order chi connectivity index (χ1) is 11.3. The molecule has 1 aliphatic heterocycles. The first kappa shape index (κ1) is 18.2. The van der Waals surface area contributed by atoms with Crippen LogP contribution in [0.25, 0.3) is 0 Å². The SMILES string of the molecule is CCOc1ccccc1N1CCN(C(=S)NCCCSC)CC1. The van der Waals surface area contributed by atoms with Gasteiger partial charge in [-0.05, 0) is 49.7 Å². The van der Waals surface area contributed by atoms with Crippen LogP contribution in [0, 0.1) is 0 Å². The summed E-state index contributed by atoms with van der Waals surface area (Å²) in [4.78, 5) is 4.66. The largest absolute Gasteiger partial charge is 0.492 e. The van der Waals surface area contributed by atoms with Crippen molar-refractivity contribution in [1.29, 1.82) is 0 Å². The Morgan fingerprint density at radius 3 is 2.70 bits per heavy atom. The van der Waals surface area contributed by atoms with E-state index in [9.17, 15) is 0 Å². The highest BCUT2D eigenvalue weighted by molar-refractivity contribution is 7.98. The Morgan fingerprint density at radius 2 is 2.00 bits per heavy atom. The van der Waals surface area contributed by atoms with Crippen LogP contribution in [0.15, 0.2) is 24.3 Å². The molecule has 1 heterocycles. The molecule has 128 valence electrons. The smallest absolute Gasteiger partial charge is 0.169 e. The molecule has 2 rings (SSSR count). The number of anilines is 1. The molecule has 4 nitrogen and oxygen atoms in total. The van der Waals surface area contributed by atoms with E-state index in [4.69, 9.17) is 17.0 Å². The van der Waals surface area contributed by atoms with Gasteiger partial charge in [0.2, 0.25) is 0 Å². The molecule has 1 aliphatic rings. The topological polar surface area (TPSA) is 27.7 Å². The lowest BCUT2D eigenvalue weighted by atomic mass is 10.2. The monoisotopic (exact) mass is 353 g/mol. The van der Waals surface area contributed by atoms with E-state index in [1.165, 1.54) is 11.4 Å². The van der Waals surface area contributed by atoms with E-state index >= 15 is 0 Å². The normalized spacial score (nSPS) is 14.7. The molecule has 0 spiro atoms. The number of piperazine rings is 1. The van der Waals surface area contributed by atoms with Gasteiger partial charge in [0.25, 0.3) is 0 Å². The molecule has 1 fully saturated rings. The molecule has 1 N–H and O–H groups in total. The highest BCUT2D eigenvalue weighted by atomic mass is 32.2. The zero-order valence-corrected chi connectivity index (χ0v) is 15.7. The number of hydrogen-bond donors (Lipinski definition) is 1. The van der Waals surface area contributed by atoms with Crippen molar-refractivity contribution in [3.8, 4) is 5.75 Å². The summed E-state index contributed by atoms with van der Waals surface area (Å²) < 4.78 is 5.75. The van der Waals surface area contributed by atoms with Crippen LogP contribution >= 0.6 is 24.0 Å². The second-order valence-corrected chi connectivity index (χ2v) is 6.83. The third-order valence-electron chi connectivity index (χ3n) is 3.87. The molecule has 0 radical (unpaired) electrons. The number of hydrogen-bond acceptors (Lipinski definition) is 4. The van der Waals surface area contributed by atoms with Gasteiger partial charge in [0.15, 0.2) is 5.11 Å². The Morgan fingerprint density at radius 1 is 1.26 bits per heavy atom. The van der Waals surface area contributed by atoms with Crippen molar-refractivity contribution in [3.05, 3.63) is 24.3 Å². The molecule has 0 unspecified atom stereocenters. The quantitative estimate of drug-likeness (QED) is 0.599. The molecular formula is C17H27N3OS2. The Kier molecular flexibility index (Phi) is 7.82. The highest BCUT2D eigenvalue weighted by Gasteiger charge is 2.20. The molecule has 0 atom stereocenters. The van der Waals surface area contributed by atoms with Gasteiger partial charge in [-0.25, -0.2) is 0 Å². The Balaban J connectivity index is 1.83. The highest BCUT2D eigenvalue weighted by Crippen LogP contribution is 2.28. The maximum absolute atomic E-state index is 5.75. The van der Waals surface area contributed by atoms with Gasteiger partial charge in [0.05, 0.1) is 12.3 Å². The van der Waals surface area contributed by atoms with Crippen LogP contribution in [-0.4, -0.2) is 61.4 Å². The average Bonchev–Trinajstić information content (AvgIpc) is 2.59. The van der Waals surface area contributed by atoms with Crippen molar-refractivity contribution < 1.29 is 4.74 Å². The van der Waals surface area contributed by atoms with Crippen LogP contribution in [0.2, 0.25) is 0 Å². The van der Waals surface area contributed by atoms with Crippen molar-refractivity contribution in [2.45, 2.75) is 13.3 Å². The summed E-state index contributed by atoms with van der Waals surface area (Å²) in [6.07, 6.45) is 3.29. The van der Waals surface area contributed by atoms with Gasteiger partial charge in [0.1, 0.15) is 5.75 Å². The Hall–Kier alpha value is -1.14. The van der Waals surface area contributed by atoms with E-state index in [1.807, 2.05) is 30.8 Å². The van der Waals surface area contributed by atoms with Crippen LogP contribution < -0.4 is 15.0 Å². The van der Waals surface area contributed by atoms with E-state index in [0.717, 1.165) is 50.0 Å². The molecule has 1 aromatic rings. The summed E-state index contributed by atoms with van der Waals surface area (Å²) >= 11 is 7.39. The fourth-order valence-corrected chi connectivity index (χ4v) is 3.39. The van der Waals surface area contributed by atoms with E-state index in [2.05, 4.69) is 33.5 Å². The number of rotatable bonds is 7. The van der Waals surface area contributed by atoms with Gasteiger partial charge in [0, 0.05) is 32.7 Å². The number of thioether (sulfide) groups is 1. The summed E-state index contributed by atoms with van der Waals surface area (Å²) in [5.41, 5.74) is 1.19. The minimum absolute atomic E-state index is 0.695. The second kappa shape index (κ2) is 9.88. The zero-order chi connectivity index (χ0) is 16.5. The summed E-state index contributed by atoms with van der Waals surface area (Å²) in [7, 11) is 0. The maximum Gasteiger partial charge on any atom is 0.169 e. The molecule has 1 aromatic carbocycles. The van der Waals surface area contributed by atoms with Gasteiger partial charge in [-0.2, -0.15) is 11.8 Å². The summed E-state index contributed by atoms with van der Waals surface area (Å²) in [5.74, 6) is 2.15. The lowest BCUT2D eigenvalue weighted by Gasteiger charge is -2.38. The van der Waals surface area contributed by atoms with Crippen molar-refractivity contribution in [2.24, 2.45) is 0 Å². The minimum atomic E-state index is 0.695. The van der Waals surface area contributed by atoms with E-state index < -0.39 is 0 Å². The zero-order valence-electron chi connectivity index (χ0n) is 14.1. The van der Waals surface area contributed by atoms with Crippen molar-refractivity contribution in [1.82, 2.24) is 10.2 Å². The first-order valence-electron chi connectivity index (χ1n) is 8.24. The second-order valence-electron chi connectivity index (χ2n) is 5.45. The summed E-state index contributed by atoms with van der Waals surface area (Å²) in [6.45, 7) is 7.53. The number of para-hydroxylation sites is 2. The fourth-order valence-electron chi connectivity index (χ4n) is 2.67. The third-order valence-corrected chi connectivity index (χ3v) is 4.97. The van der Waals surface area contributed by atoms with Gasteiger partial charge in [-0.1, -0.05) is 12.1 Å². The van der Waals surface area contributed by atoms with Gasteiger partial charge >= 0.3 is 0 Å². The van der Waals surface area contributed by atoms with Crippen LogP contribution in [0.4, 0.5) is 5.69 Å². The third kappa shape index (κ3) is 5.46. The standard InChI is InChI=1S/C17H27N3OS2/c1-3-21-16-8-5-4-7-15(16)19-10-12-20(13-11-19)17(22)18-9-6-14-23-2/h4-5,7-8H,3,6,9-14H2,1-2H3,(H,18,22). The minimum Gasteiger partial charge on any atom is -0.492 e. The average molecular weight is 354 g/mol. The lowest BCUT2D eigenvalue weighted by Crippen LogP contribution is -2.52. The number of nitrogens with zero attached hydrogens (tertiary/aromatic N) is 2. The van der Waals surface area contributed by atoms with Gasteiger partial charge in [-0.3, -0.25) is 0 Å². The Labute approximate surface area is 149 Å². The first-order valence-corrected chi connectivity index (χ1v) is 10.0. The van der Waals surface area contributed by atoms with Crippen LogP contribution in [0.5, 0.6) is 5.75 Å². The molecule has 23 heavy (non-hydrogen) atoms. The molecule has 0 aliphatic carbocycles. The van der Waals surface area contributed by atoms with Gasteiger partial charge < -0.3 is 19.9 Å². The number of ether oxygens (including phenoxy) is 1. The molecular weight excluding hydrogens is 326 g/mol. The predicted molar refractivity (Wildman–Crippen MR) is 105 cm³/mol. The van der Waals surface area contributed by atoms with Crippen LogP contribution in [0.1, 0.15) is 13.3 Å².